The lowest BCUT2D eigenvalue weighted by Gasteiger charge is -2.09. The molecular weight excluding hydrogens is 338 g/mol. The van der Waals surface area contributed by atoms with Crippen LogP contribution in [-0.2, 0) is 19.9 Å². The van der Waals surface area contributed by atoms with Crippen LogP contribution in [0.1, 0.15) is 5.56 Å². The van der Waals surface area contributed by atoms with Gasteiger partial charge in [-0.25, -0.2) is 21.6 Å². The molecule has 2 N–H and O–H groups in total. The Labute approximate surface area is 135 Å². The first-order chi connectivity index (χ1) is 10.8. The monoisotopic (exact) mass is 355 g/mol. The molecule has 0 unspecified atom stereocenters. The standard InChI is InChI=1S/C15H17NO5S2/c1-12-4-2-5-13(10-12)22(18,19)14-6-3-7-15(11-14)23(20,21)16-8-9-17/h2-7,10-11,16-17H,8-9H2,1H3. The summed E-state index contributed by atoms with van der Waals surface area (Å²) in [7, 11) is -7.68. The molecule has 2 aromatic carbocycles. The topological polar surface area (TPSA) is 101 Å². The normalized spacial score (nSPS) is 12.3. The zero-order chi connectivity index (χ0) is 17.1. The van der Waals surface area contributed by atoms with Crippen molar-refractivity contribution in [1.29, 1.82) is 0 Å². The summed E-state index contributed by atoms with van der Waals surface area (Å²) < 4.78 is 51.5. The Balaban J connectivity index is 2.48. The third-order valence-electron chi connectivity index (χ3n) is 3.13. The van der Waals surface area contributed by atoms with Crippen molar-refractivity contribution in [2.24, 2.45) is 0 Å². The lowest BCUT2D eigenvalue weighted by atomic mass is 10.2. The number of nitrogens with one attached hydrogen (secondary N) is 1. The maximum atomic E-state index is 12.6. The maximum Gasteiger partial charge on any atom is 0.240 e. The number of hydrogen-bond donors (Lipinski definition) is 2. The summed E-state index contributed by atoms with van der Waals surface area (Å²) in [5.41, 5.74) is 0.791. The van der Waals surface area contributed by atoms with Crippen molar-refractivity contribution >= 4 is 19.9 Å². The molecule has 0 radical (unpaired) electrons. The maximum absolute atomic E-state index is 12.6. The fourth-order valence-corrected chi connectivity index (χ4v) is 4.54. The summed E-state index contributed by atoms with van der Waals surface area (Å²) in [6.07, 6.45) is 0. The highest BCUT2D eigenvalue weighted by Gasteiger charge is 2.21. The molecule has 0 aliphatic heterocycles. The molecule has 0 fully saturated rings. The zero-order valence-corrected chi connectivity index (χ0v) is 14.1. The minimum atomic E-state index is -3.87. The highest BCUT2D eigenvalue weighted by atomic mass is 32.2. The van der Waals surface area contributed by atoms with E-state index in [1.54, 1.807) is 19.1 Å². The van der Waals surface area contributed by atoms with E-state index < -0.39 is 19.9 Å². The van der Waals surface area contributed by atoms with Gasteiger partial charge in [0.25, 0.3) is 0 Å². The molecule has 124 valence electrons. The number of aliphatic hydroxyl groups excluding tert-OH is 1. The summed E-state index contributed by atoms with van der Waals surface area (Å²) in [5.74, 6) is 0. The van der Waals surface area contributed by atoms with Gasteiger partial charge in [0.05, 0.1) is 21.3 Å². The van der Waals surface area contributed by atoms with E-state index in [4.69, 9.17) is 5.11 Å². The summed E-state index contributed by atoms with van der Waals surface area (Å²) in [6.45, 7) is 1.29. The molecule has 23 heavy (non-hydrogen) atoms. The molecule has 0 heterocycles. The van der Waals surface area contributed by atoms with E-state index in [-0.39, 0.29) is 27.8 Å². The number of aryl methyl sites for hydroxylation is 1. The Hall–Kier alpha value is -1.74. The van der Waals surface area contributed by atoms with Crippen molar-refractivity contribution in [2.75, 3.05) is 13.2 Å². The first-order valence-corrected chi connectivity index (χ1v) is 9.76. The number of sulfonamides is 1. The SMILES string of the molecule is Cc1cccc(S(=O)(=O)c2cccc(S(=O)(=O)NCCO)c2)c1. The van der Waals surface area contributed by atoms with Crippen molar-refractivity contribution in [3.63, 3.8) is 0 Å². The van der Waals surface area contributed by atoms with E-state index in [0.29, 0.717) is 0 Å². The highest BCUT2D eigenvalue weighted by Crippen LogP contribution is 2.23. The second-order valence-corrected chi connectivity index (χ2v) is 8.63. The molecule has 0 saturated carbocycles. The second kappa shape index (κ2) is 6.79. The Kier molecular flexibility index (Phi) is 5.20. The van der Waals surface area contributed by atoms with Crippen LogP contribution in [0.4, 0.5) is 0 Å². The van der Waals surface area contributed by atoms with Crippen molar-refractivity contribution in [2.45, 2.75) is 21.6 Å². The fourth-order valence-electron chi connectivity index (χ4n) is 1.99. The molecule has 0 spiro atoms. The van der Waals surface area contributed by atoms with Crippen LogP contribution in [0.5, 0.6) is 0 Å². The van der Waals surface area contributed by atoms with Crippen molar-refractivity contribution < 1.29 is 21.9 Å². The van der Waals surface area contributed by atoms with Gasteiger partial charge in [0.15, 0.2) is 0 Å². The Morgan fingerprint density at radius 2 is 1.48 bits per heavy atom. The lowest BCUT2D eigenvalue weighted by molar-refractivity contribution is 0.301. The molecule has 0 saturated heterocycles. The van der Waals surface area contributed by atoms with Gasteiger partial charge in [-0.15, -0.1) is 0 Å². The minimum Gasteiger partial charge on any atom is -0.395 e. The summed E-state index contributed by atoms with van der Waals surface area (Å²) >= 11 is 0. The summed E-state index contributed by atoms with van der Waals surface area (Å²) in [6, 6.07) is 11.5. The van der Waals surface area contributed by atoms with Gasteiger partial charge in [-0.05, 0) is 42.8 Å². The average Bonchev–Trinajstić information content (AvgIpc) is 2.53. The molecule has 0 aliphatic rings. The number of aliphatic hydroxyl groups is 1. The Morgan fingerprint density at radius 1 is 0.913 bits per heavy atom. The minimum absolute atomic E-state index is 0.102. The number of benzene rings is 2. The lowest BCUT2D eigenvalue weighted by Crippen LogP contribution is -2.26. The van der Waals surface area contributed by atoms with Gasteiger partial charge in [-0.1, -0.05) is 18.2 Å². The van der Waals surface area contributed by atoms with Crippen LogP contribution in [0.2, 0.25) is 0 Å². The van der Waals surface area contributed by atoms with E-state index in [1.165, 1.54) is 30.3 Å². The van der Waals surface area contributed by atoms with Crippen LogP contribution >= 0.6 is 0 Å². The predicted molar refractivity (Wildman–Crippen MR) is 85.3 cm³/mol. The van der Waals surface area contributed by atoms with Gasteiger partial charge in [0, 0.05) is 6.54 Å². The molecule has 0 aliphatic carbocycles. The molecular formula is C15H17NO5S2. The van der Waals surface area contributed by atoms with E-state index in [2.05, 4.69) is 4.72 Å². The van der Waals surface area contributed by atoms with Crippen molar-refractivity contribution in [1.82, 2.24) is 4.72 Å². The van der Waals surface area contributed by atoms with E-state index in [9.17, 15) is 16.8 Å². The second-order valence-electron chi connectivity index (χ2n) is 4.92. The molecule has 2 aromatic rings. The smallest absolute Gasteiger partial charge is 0.240 e. The van der Waals surface area contributed by atoms with E-state index in [1.807, 2.05) is 0 Å². The van der Waals surface area contributed by atoms with Crippen LogP contribution < -0.4 is 4.72 Å². The predicted octanol–water partition coefficient (Wildman–Crippen LogP) is 1.10. The molecule has 0 aromatic heterocycles. The van der Waals surface area contributed by atoms with Crippen LogP contribution in [0.15, 0.2) is 63.2 Å². The summed E-state index contributed by atoms with van der Waals surface area (Å²) in [4.78, 5) is -0.162. The van der Waals surface area contributed by atoms with Gasteiger partial charge in [-0.2, -0.15) is 0 Å². The van der Waals surface area contributed by atoms with Crippen molar-refractivity contribution in [3.05, 3.63) is 54.1 Å². The highest BCUT2D eigenvalue weighted by molar-refractivity contribution is 7.91. The zero-order valence-electron chi connectivity index (χ0n) is 12.4. The largest absolute Gasteiger partial charge is 0.395 e. The van der Waals surface area contributed by atoms with Crippen LogP contribution in [0, 0.1) is 6.92 Å². The quantitative estimate of drug-likeness (QED) is 0.808. The Bertz CT molecular complexity index is 905. The van der Waals surface area contributed by atoms with E-state index in [0.717, 1.165) is 11.6 Å². The molecule has 0 amide bonds. The Morgan fingerprint density at radius 3 is 2.09 bits per heavy atom. The van der Waals surface area contributed by atoms with Crippen LogP contribution in [-0.4, -0.2) is 35.1 Å². The molecule has 6 nitrogen and oxygen atoms in total. The first-order valence-electron chi connectivity index (χ1n) is 6.80. The molecule has 0 atom stereocenters. The van der Waals surface area contributed by atoms with Crippen LogP contribution in [0.25, 0.3) is 0 Å². The summed E-state index contributed by atoms with van der Waals surface area (Å²) in [5, 5.41) is 8.71. The van der Waals surface area contributed by atoms with Gasteiger partial charge in [-0.3, -0.25) is 0 Å². The molecule has 2 rings (SSSR count). The molecule has 0 bridgehead atoms. The third kappa shape index (κ3) is 3.97. The average molecular weight is 355 g/mol. The van der Waals surface area contributed by atoms with Gasteiger partial charge >= 0.3 is 0 Å². The van der Waals surface area contributed by atoms with Gasteiger partial charge < -0.3 is 5.11 Å². The third-order valence-corrected chi connectivity index (χ3v) is 6.34. The number of sulfone groups is 1. The number of hydrogen-bond acceptors (Lipinski definition) is 5. The van der Waals surface area contributed by atoms with Crippen molar-refractivity contribution in [3.8, 4) is 0 Å². The van der Waals surface area contributed by atoms with Gasteiger partial charge in [0.2, 0.25) is 19.9 Å². The first kappa shape index (κ1) is 17.6. The van der Waals surface area contributed by atoms with E-state index >= 15 is 0 Å². The fraction of sp³-hybridized carbons (Fsp3) is 0.200. The van der Waals surface area contributed by atoms with Gasteiger partial charge in [0.1, 0.15) is 0 Å². The molecule has 8 heteroatoms. The van der Waals surface area contributed by atoms with Crippen LogP contribution in [0.3, 0.4) is 0 Å². The number of rotatable bonds is 6.